The summed E-state index contributed by atoms with van der Waals surface area (Å²) in [7, 11) is 2.22. The van der Waals surface area contributed by atoms with E-state index in [-0.39, 0.29) is 0 Å². The third-order valence-corrected chi connectivity index (χ3v) is 5.54. The minimum atomic E-state index is 0.690. The topological polar surface area (TPSA) is 34.1 Å². The van der Waals surface area contributed by atoms with Crippen molar-refractivity contribution in [2.75, 3.05) is 64.3 Å². The van der Waals surface area contributed by atoms with Crippen LogP contribution in [0.2, 0.25) is 5.02 Å². The summed E-state index contributed by atoms with van der Waals surface area (Å²) in [5.41, 5.74) is 1.21. The largest absolute Gasteiger partial charge is 0.368 e. The van der Waals surface area contributed by atoms with Crippen LogP contribution < -0.4 is 10.2 Å². The van der Waals surface area contributed by atoms with Gasteiger partial charge in [0.15, 0.2) is 5.96 Å². The van der Waals surface area contributed by atoms with Crippen molar-refractivity contribution in [2.45, 2.75) is 19.8 Å². The maximum Gasteiger partial charge on any atom is 0.194 e. The number of anilines is 1. The Morgan fingerprint density at radius 1 is 1.23 bits per heavy atom. The predicted molar refractivity (Wildman–Crippen MR) is 111 cm³/mol. The average Bonchev–Trinajstić information content (AvgIpc) is 2.65. The quantitative estimate of drug-likeness (QED) is 0.646. The van der Waals surface area contributed by atoms with Crippen LogP contribution in [0, 0.1) is 5.92 Å². The molecule has 3 rings (SSSR count). The van der Waals surface area contributed by atoms with E-state index in [1.54, 1.807) is 0 Å². The van der Waals surface area contributed by atoms with Crippen LogP contribution >= 0.6 is 11.6 Å². The third kappa shape index (κ3) is 5.27. The van der Waals surface area contributed by atoms with Crippen molar-refractivity contribution >= 4 is 23.2 Å². The highest BCUT2D eigenvalue weighted by Crippen LogP contribution is 2.21. The zero-order valence-electron chi connectivity index (χ0n) is 16.1. The first-order chi connectivity index (χ1) is 12.7. The van der Waals surface area contributed by atoms with Crippen LogP contribution in [-0.4, -0.2) is 75.2 Å². The average molecular weight is 378 g/mol. The van der Waals surface area contributed by atoms with Crippen molar-refractivity contribution in [3.8, 4) is 0 Å². The molecule has 0 bridgehead atoms. The van der Waals surface area contributed by atoms with Crippen LogP contribution in [0.4, 0.5) is 5.69 Å². The van der Waals surface area contributed by atoms with Crippen molar-refractivity contribution in [3.63, 3.8) is 0 Å². The van der Waals surface area contributed by atoms with Crippen LogP contribution in [0.25, 0.3) is 0 Å². The smallest absolute Gasteiger partial charge is 0.194 e. The third-order valence-electron chi connectivity index (χ3n) is 5.31. The molecule has 6 heteroatoms. The maximum absolute atomic E-state index is 6.14. The summed E-state index contributed by atoms with van der Waals surface area (Å²) in [5, 5.41) is 4.29. The first-order valence-electron chi connectivity index (χ1n) is 9.88. The number of hydrogen-bond acceptors (Lipinski definition) is 3. The van der Waals surface area contributed by atoms with Crippen molar-refractivity contribution in [1.29, 1.82) is 0 Å². The Kier molecular flexibility index (Phi) is 7.03. The molecule has 0 saturated carbocycles. The van der Waals surface area contributed by atoms with Gasteiger partial charge in [-0.3, -0.25) is 4.99 Å². The summed E-state index contributed by atoms with van der Waals surface area (Å²) >= 11 is 6.14. The molecule has 144 valence electrons. The Balaban J connectivity index is 1.56. The van der Waals surface area contributed by atoms with Gasteiger partial charge in [-0.1, -0.05) is 17.7 Å². The Morgan fingerprint density at radius 3 is 2.73 bits per heavy atom. The minimum Gasteiger partial charge on any atom is -0.368 e. The molecular weight excluding hydrogens is 346 g/mol. The summed E-state index contributed by atoms with van der Waals surface area (Å²) in [4.78, 5) is 12.2. The van der Waals surface area contributed by atoms with Crippen LogP contribution in [0.5, 0.6) is 0 Å². The Hall–Kier alpha value is -1.46. The molecule has 0 amide bonds. The number of likely N-dealkylation sites (tertiary alicyclic amines) is 1. The van der Waals surface area contributed by atoms with E-state index < -0.39 is 0 Å². The van der Waals surface area contributed by atoms with Crippen molar-refractivity contribution in [2.24, 2.45) is 10.9 Å². The van der Waals surface area contributed by atoms with E-state index in [4.69, 9.17) is 16.6 Å². The maximum atomic E-state index is 6.14. The molecule has 0 spiro atoms. The van der Waals surface area contributed by atoms with Crippen LogP contribution in [0.15, 0.2) is 29.3 Å². The van der Waals surface area contributed by atoms with Crippen LogP contribution in [0.1, 0.15) is 19.8 Å². The summed E-state index contributed by atoms with van der Waals surface area (Å²) in [6.07, 6.45) is 2.60. The van der Waals surface area contributed by atoms with E-state index in [1.165, 1.54) is 31.6 Å². The Morgan fingerprint density at radius 2 is 2.04 bits per heavy atom. The van der Waals surface area contributed by atoms with Gasteiger partial charge in [0.1, 0.15) is 0 Å². The molecule has 2 fully saturated rings. The van der Waals surface area contributed by atoms with E-state index in [9.17, 15) is 0 Å². The van der Waals surface area contributed by atoms with Gasteiger partial charge in [-0.25, -0.2) is 0 Å². The standard InChI is InChI=1S/C20H32ClN5/c1-3-22-20(23-15-17-6-5-9-24(2)16-17)26-12-10-25(11-13-26)19-8-4-7-18(21)14-19/h4,7-8,14,17H,3,5-6,9-13,15-16H2,1-2H3,(H,22,23). The van der Waals surface area contributed by atoms with Crippen molar-refractivity contribution in [3.05, 3.63) is 29.3 Å². The highest BCUT2D eigenvalue weighted by atomic mass is 35.5. The fraction of sp³-hybridized carbons (Fsp3) is 0.650. The van der Waals surface area contributed by atoms with E-state index in [2.05, 4.69) is 46.1 Å². The molecular formula is C20H32ClN5. The summed E-state index contributed by atoms with van der Waals surface area (Å²) < 4.78 is 0. The van der Waals surface area contributed by atoms with E-state index in [0.29, 0.717) is 5.92 Å². The molecule has 1 aromatic rings. The van der Waals surface area contributed by atoms with Crippen molar-refractivity contribution < 1.29 is 0 Å². The molecule has 1 N–H and O–H groups in total. The number of piperidine rings is 1. The lowest BCUT2D eigenvalue weighted by atomic mass is 9.99. The number of nitrogens with one attached hydrogen (secondary N) is 1. The lowest BCUT2D eigenvalue weighted by Crippen LogP contribution is -2.52. The Bertz CT molecular complexity index is 598. The second-order valence-electron chi connectivity index (χ2n) is 7.42. The van der Waals surface area contributed by atoms with E-state index >= 15 is 0 Å². The Labute approximate surface area is 163 Å². The lowest BCUT2D eigenvalue weighted by Gasteiger charge is -2.38. The number of guanidine groups is 1. The van der Waals surface area contributed by atoms with Gasteiger partial charge in [0.2, 0.25) is 0 Å². The molecule has 2 aliphatic rings. The fourth-order valence-electron chi connectivity index (χ4n) is 3.91. The number of benzene rings is 1. The summed E-state index contributed by atoms with van der Waals surface area (Å²) in [6, 6.07) is 8.15. The molecule has 2 aliphatic heterocycles. The SMILES string of the molecule is CCNC(=NCC1CCCN(C)C1)N1CCN(c2cccc(Cl)c2)CC1. The second-order valence-corrected chi connectivity index (χ2v) is 7.86. The van der Waals surface area contributed by atoms with Gasteiger partial charge >= 0.3 is 0 Å². The van der Waals surface area contributed by atoms with Gasteiger partial charge in [0.05, 0.1) is 0 Å². The molecule has 5 nitrogen and oxygen atoms in total. The minimum absolute atomic E-state index is 0.690. The molecule has 1 aromatic carbocycles. The van der Waals surface area contributed by atoms with Crippen molar-refractivity contribution in [1.82, 2.24) is 15.1 Å². The monoisotopic (exact) mass is 377 g/mol. The number of halogens is 1. The van der Waals surface area contributed by atoms with Crippen LogP contribution in [0.3, 0.4) is 0 Å². The number of hydrogen-bond donors (Lipinski definition) is 1. The zero-order valence-corrected chi connectivity index (χ0v) is 16.9. The first-order valence-corrected chi connectivity index (χ1v) is 10.3. The number of piperazine rings is 1. The van der Waals surface area contributed by atoms with Gasteiger partial charge in [-0.05, 0) is 57.5 Å². The first kappa shape index (κ1) is 19.3. The van der Waals surface area contributed by atoms with Gasteiger partial charge in [-0.2, -0.15) is 0 Å². The van der Waals surface area contributed by atoms with Gasteiger partial charge in [0.25, 0.3) is 0 Å². The number of aliphatic imine (C=N–C) groups is 1. The number of rotatable bonds is 4. The van der Waals surface area contributed by atoms with Crippen LogP contribution in [-0.2, 0) is 0 Å². The molecule has 2 saturated heterocycles. The van der Waals surface area contributed by atoms with Gasteiger partial charge in [0, 0.05) is 56.5 Å². The highest BCUT2D eigenvalue weighted by Gasteiger charge is 2.21. The summed E-state index contributed by atoms with van der Waals surface area (Å²) in [5.74, 6) is 1.77. The van der Waals surface area contributed by atoms with E-state index in [0.717, 1.165) is 50.3 Å². The fourth-order valence-corrected chi connectivity index (χ4v) is 4.10. The van der Waals surface area contributed by atoms with Gasteiger partial charge in [-0.15, -0.1) is 0 Å². The molecule has 0 aromatic heterocycles. The highest BCUT2D eigenvalue weighted by molar-refractivity contribution is 6.30. The zero-order chi connectivity index (χ0) is 18.4. The second kappa shape index (κ2) is 9.47. The normalized spacial score (nSPS) is 22.6. The predicted octanol–water partition coefficient (Wildman–Crippen LogP) is 2.77. The van der Waals surface area contributed by atoms with E-state index in [1.807, 2.05) is 12.1 Å². The lowest BCUT2D eigenvalue weighted by molar-refractivity contribution is 0.214. The molecule has 2 heterocycles. The molecule has 0 aliphatic carbocycles. The molecule has 26 heavy (non-hydrogen) atoms. The summed E-state index contributed by atoms with van der Waals surface area (Å²) in [6.45, 7) is 10.4. The molecule has 0 radical (unpaired) electrons. The van der Waals surface area contributed by atoms with Gasteiger partial charge < -0.3 is 20.0 Å². The molecule has 1 atom stereocenters. The number of nitrogens with zero attached hydrogens (tertiary/aromatic N) is 4. The molecule has 1 unspecified atom stereocenters.